The number of rotatable bonds is 4. The van der Waals surface area contributed by atoms with Crippen LogP contribution in [-0.4, -0.2) is 45.8 Å². The van der Waals surface area contributed by atoms with Gasteiger partial charge in [0.25, 0.3) is 5.56 Å². The maximum absolute atomic E-state index is 12.8. The van der Waals surface area contributed by atoms with E-state index in [4.69, 9.17) is 16.6 Å². The highest BCUT2D eigenvalue weighted by Gasteiger charge is 2.26. The first-order valence-corrected chi connectivity index (χ1v) is 11.5. The lowest BCUT2D eigenvalue weighted by Crippen LogP contribution is -2.47. The molecule has 1 aliphatic rings. The predicted molar refractivity (Wildman–Crippen MR) is 127 cm³/mol. The molecule has 1 unspecified atom stereocenters. The Bertz CT molecular complexity index is 1230. The Hall–Kier alpha value is -2.74. The van der Waals surface area contributed by atoms with Gasteiger partial charge in [0.15, 0.2) is 0 Å². The first-order chi connectivity index (χ1) is 15.1. The van der Waals surface area contributed by atoms with E-state index >= 15 is 0 Å². The van der Waals surface area contributed by atoms with E-state index in [2.05, 4.69) is 40.0 Å². The molecule has 8 heteroatoms. The molecule has 0 aliphatic carbocycles. The molecule has 31 heavy (non-hydrogen) atoms. The highest BCUT2D eigenvalue weighted by atomic mass is 35.5. The van der Waals surface area contributed by atoms with Crippen LogP contribution in [0.5, 0.6) is 0 Å². The summed E-state index contributed by atoms with van der Waals surface area (Å²) in [7, 11) is 0. The zero-order valence-electron chi connectivity index (χ0n) is 17.1. The highest BCUT2D eigenvalue weighted by molar-refractivity contribution is 7.18. The van der Waals surface area contributed by atoms with Crippen LogP contribution >= 0.6 is 22.9 Å². The third-order valence-electron chi connectivity index (χ3n) is 5.77. The van der Waals surface area contributed by atoms with Crippen LogP contribution in [-0.2, 0) is 0 Å². The Morgan fingerprint density at radius 2 is 1.71 bits per heavy atom. The summed E-state index contributed by atoms with van der Waals surface area (Å²) in [6.45, 7) is 5.52. The molecule has 1 aliphatic heterocycles. The second kappa shape index (κ2) is 8.42. The average molecular weight is 452 g/mol. The van der Waals surface area contributed by atoms with Gasteiger partial charge in [-0.15, -0.1) is 11.3 Å². The molecule has 2 aromatic heterocycles. The lowest BCUT2D eigenvalue weighted by atomic mass is 10.2. The van der Waals surface area contributed by atoms with Crippen molar-refractivity contribution in [3.05, 3.63) is 81.2 Å². The van der Waals surface area contributed by atoms with Crippen LogP contribution in [0.2, 0.25) is 5.02 Å². The van der Waals surface area contributed by atoms with Gasteiger partial charge in [-0.2, -0.15) is 9.78 Å². The van der Waals surface area contributed by atoms with E-state index in [0.717, 1.165) is 36.7 Å². The number of hydrogen-bond donors (Lipinski definition) is 0. The molecular weight excluding hydrogens is 430 g/mol. The maximum atomic E-state index is 12.8. The molecule has 4 aromatic rings. The maximum Gasteiger partial charge on any atom is 0.292 e. The van der Waals surface area contributed by atoms with Crippen molar-refractivity contribution in [2.75, 3.05) is 31.1 Å². The summed E-state index contributed by atoms with van der Waals surface area (Å²) in [5, 5.41) is 5.72. The molecule has 1 atom stereocenters. The molecule has 2 aromatic carbocycles. The summed E-state index contributed by atoms with van der Waals surface area (Å²) in [4.78, 5) is 22.2. The van der Waals surface area contributed by atoms with E-state index in [0.29, 0.717) is 11.4 Å². The van der Waals surface area contributed by atoms with E-state index in [9.17, 15) is 4.79 Å². The highest BCUT2D eigenvalue weighted by Crippen LogP contribution is 2.31. The van der Waals surface area contributed by atoms with Crippen molar-refractivity contribution in [2.24, 2.45) is 0 Å². The van der Waals surface area contributed by atoms with Gasteiger partial charge in [0.2, 0.25) is 0 Å². The summed E-state index contributed by atoms with van der Waals surface area (Å²) in [6.07, 6.45) is 1.70. The van der Waals surface area contributed by atoms with Crippen molar-refractivity contribution in [1.29, 1.82) is 0 Å². The SMILES string of the molecule is CC(c1nc2ccccc2s1)N1CCN(c2cnn(-c3ccccc3)c(=O)c2Cl)CC1. The topological polar surface area (TPSA) is 54.3 Å². The molecule has 0 bridgehead atoms. The number of hydrogen-bond acceptors (Lipinski definition) is 6. The van der Waals surface area contributed by atoms with E-state index in [-0.39, 0.29) is 16.6 Å². The summed E-state index contributed by atoms with van der Waals surface area (Å²) in [6, 6.07) is 17.8. The molecule has 158 valence electrons. The molecule has 0 saturated carbocycles. The van der Waals surface area contributed by atoms with E-state index in [1.165, 1.54) is 9.38 Å². The Kier molecular flexibility index (Phi) is 5.48. The molecule has 1 saturated heterocycles. The van der Waals surface area contributed by atoms with Gasteiger partial charge in [0.05, 0.1) is 33.8 Å². The molecule has 0 amide bonds. The Morgan fingerprint density at radius 1 is 1.00 bits per heavy atom. The normalized spacial score (nSPS) is 16.0. The van der Waals surface area contributed by atoms with Crippen molar-refractivity contribution >= 4 is 38.8 Å². The number of piperazine rings is 1. The van der Waals surface area contributed by atoms with Crippen molar-refractivity contribution in [1.82, 2.24) is 19.7 Å². The number of nitrogens with zero attached hydrogens (tertiary/aromatic N) is 5. The van der Waals surface area contributed by atoms with Crippen LogP contribution in [0.3, 0.4) is 0 Å². The lowest BCUT2D eigenvalue weighted by molar-refractivity contribution is 0.198. The standard InChI is InChI=1S/C23H22ClN5OS/c1-16(22-26-18-9-5-6-10-20(18)31-22)27-11-13-28(14-12-27)19-15-25-29(23(30)21(19)24)17-7-3-2-4-8-17/h2-10,15-16H,11-14H2,1H3. The van der Waals surface area contributed by atoms with Crippen molar-refractivity contribution in [3.8, 4) is 5.69 Å². The number of aromatic nitrogens is 3. The van der Waals surface area contributed by atoms with Gasteiger partial charge in [0.1, 0.15) is 10.0 Å². The monoisotopic (exact) mass is 451 g/mol. The van der Waals surface area contributed by atoms with Crippen LogP contribution < -0.4 is 10.5 Å². The van der Waals surface area contributed by atoms with Crippen molar-refractivity contribution in [2.45, 2.75) is 13.0 Å². The fraction of sp³-hybridized carbons (Fsp3) is 0.261. The minimum absolute atomic E-state index is 0.214. The molecule has 0 radical (unpaired) electrons. The quantitative estimate of drug-likeness (QED) is 0.461. The number of benzene rings is 2. The Balaban J connectivity index is 1.31. The summed E-state index contributed by atoms with van der Waals surface area (Å²) in [5.41, 5.74) is 2.17. The average Bonchev–Trinajstić information content (AvgIpc) is 3.25. The largest absolute Gasteiger partial charge is 0.366 e. The van der Waals surface area contributed by atoms with Crippen LogP contribution in [0.25, 0.3) is 15.9 Å². The van der Waals surface area contributed by atoms with Gasteiger partial charge in [-0.1, -0.05) is 41.9 Å². The lowest BCUT2D eigenvalue weighted by Gasteiger charge is -2.38. The van der Waals surface area contributed by atoms with Crippen LogP contribution in [0.4, 0.5) is 5.69 Å². The number of anilines is 1. The van der Waals surface area contributed by atoms with Gasteiger partial charge in [-0.05, 0) is 31.2 Å². The predicted octanol–water partition coefficient (Wildman–Crippen LogP) is 4.38. The zero-order chi connectivity index (χ0) is 21.4. The summed E-state index contributed by atoms with van der Waals surface area (Å²) >= 11 is 8.24. The number of halogens is 1. The smallest absolute Gasteiger partial charge is 0.292 e. The molecule has 3 heterocycles. The van der Waals surface area contributed by atoms with Gasteiger partial charge in [-0.25, -0.2) is 4.98 Å². The first kappa shape index (κ1) is 20.2. The Morgan fingerprint density at radius 3 is 2.45 bits per heavy atom. The van der Waals surface area contributed by atoms with E-state index in [1.54, 1.807) is 17.5 Å². The van der Waals surface area contributed by atoms with Gasteiger partial charge in [0, 0.05) is 26.2 Å². The van der Waals surface area contributed by atoms with Crippen molar-refractivity contribution in [3.63, 3.8) is 0 Å². The second-order valence-corrected chi connectivity index (χ2v) is 9.06. The number of para-hydroxylation sites is 2. The van der Waals surface area contributed by atoms with Crippen LogP contribution in [0.15, 0.2) is 65.6 Å². The minimum atomic E-state index is -0.296. The van der Waals surface area contributed by atoms with Crippen LogP contribution in [0.1, 0.15) is 18.0 Å². The van der Waals surface area contributed by atoms with E-state index < -0.39 is 0 Å². The Labute approximate surface area is 189 Å². The molecule has 0 N–H and O–H groups in total. The second-order valence-electron chi connectivity index (χ2n) is 7.62. The third kappa shape index (κ3) is 3.84. The molecule has 5 rings (SSSR count). The van der Waals surface area contributed by atoms with Gasteiger partial charge >= 0.3 is 0 Å². The summed E-state index contributed by atoms with van der Waals surface area (Å²) in [5.74, 6) is 0. The first-order valence-electron chi connectivity index (χ1n) is 10.3. The summed E-state index contributed by atoms with van der Waals surface area (Å²) < 4.78 is 2.57. The molecule has 1 fully saturated rings. The zero-order valence-corrected chi connectivity index (χ0v) is 18.7. The molecular formula is C23H22ClN5OS. The van der Waals surface area contributed by atoms with Crippen LogP contribution in [0, 0.1) is 0 Å². The number of fused-ring (bicyclic) bond motifs is 1. The minimum Gasteiger partial charge on any atom is -0.366 e. The molecule has 0 spiro atoms. The van der Waals surface area contributed by atoms with E-state index in [1.807, 2.05) is 36.4 Å². The fourth-order valence-electron chi connectivity index (χ4n) is 3.97. The van der Waals surface area contributed by atoms with Crippen molar-refractivity contribution < 1.29 is 0 Å². The fourth-order valence-corrected chi connectivity index (χ4v) is 5.27. The number of thiazole rings is 1. The third-order valence-corrected chi connectivity index (χ3v) is 7.33. The van der Waals surface area contributed by atoms with Gasteiger partial charge in [-0.3, -0.25) is 9.69 Å². The van der Waals surface area contributed by atoms with Gasteiger partial charge < -0.3 is 4.90 Å². The molecule has 6 nitrogen and oxygen atoms in total.